The van der Waals surface area contributed by atoms with E-state index in [0.29, 0.717) is 23.1 Å². The van der Waals surface area contributed by atoms with E-state index in [2.05, 4.69) is 0 Å². The van der Waals surface area contributed by atoms with Gasteiger partial charge in [-0.15, -0.1) is 0 Å². The molecule has 0 spiro atoms. The molecule has 34 heavy (non-hydrogen) atoms. The van der Waals surface area contributed by atoms with Gasteiger partial charge in [0.2, 0.25) is 0 Å². The van der Waals surface area contributed by atoms with Crippen molar-refractivity contribution in [1.29, 1.82) is 0 Å². The maximum absolute atomic E-state index is 11.7. The number of carbonyl (C=O) groups excluding carboxylic acids is 1. The van der Waals surface area contributed by atoms with Crippen molar-refractivity contribution in [3.63, 3.8) is 0 Å². The third-order valence-electron chi connectivity index (χ3n) is 6.21. The second-order valence-corrected chi connectivity index (χ2v) is 12.3. The van der Waals surface area contributed by atoms with E-state index in [4.69, 9.17) is 4.74 Å². The van der Waals surface area contributed by atoms with E-state index < -0.39 is 6.10 Å². The topological polar surface area (TPSA) is 87.0 Å². The number of ether oxygens (including phenoxy) is 1. The Morgan fingerprint density at radius 3 is 1.65 bits per heavy atom. The van der Waals surface area contributed by atoms with E-state index in [-0.39, 0.29) is 40.1 Å². The van der Waals surface area contributed by atoms with Crippen LogP contribution in [-0.4, -0.2) is 28.4 Å². The molecule has 2 rings (SSSR count). The van der Waals surface area contributed by atoms with Crippen LogP contribution in [0.5, 0.6) is 11.5 Å². The number of hydrogen-bond donors (Lipinski definition) is 3. The molecule has 0 aliphatic rings. The molecule has 3 N–H and O–H groups in total. The summed E-state index contributed by atoms with van der Waals surface area (Å²) in [6.45, 7) is 18.1. The first-order chi connectivity index (χ1) is 15.4. The molecule has 5 nitrogen and oxygen atoms in total. The Morgan fingerprint density at radius 1 is 0.794 bits per heavy atom. The lowest BCUT2D eigenvalue weighted by Crippen LogP contribution is -2.19. The maximum atomic E-state index is 11.7. The van der Waals surface area contributed by atoms with E-state index in [1.165, 1.54) is 7.11 Å². The highest BCUT2D eigenvalue weighted by Gasteiger charge is 2.30. The van der Waals surface area contributed by atoms with Crippen LogP contribution in [0.25, 0.3) is 0 Å². The molecule has 0 fully saturated rings. The van der Waals surface area contributed by atoms with Crippen molar-refractivity contribution in [2.45, 2.75) is 97.5 Å². The average molecular weight is 471 g/mol. The van der Waals surface area contributed by atoms with Crippen molar-refractivity contribution in [3.05, 3.63) is 57.6 Å². The number of aryl methyl sites for hydroxylation is 1. The Morgan fingerprint density at radius 2 is 1.24 bits per heavy atom. The van der Waals surface area contributed by atoms with E-state index in [0.717, 1.165) is 16.7 Å². The minimum absolute atomic E-state index is 0.0458. The van der Waals surface area contributed by atoms with Crippen LogP contribution >= 0.6 is 0 Å². The number of rotatable bonds is 5. The van der Waals surface area contributed by atoms with Crippen LogP contribution in [0.2, 0.25) is 0 Å². The number of aliphatic hydroxyl groups is 1. The van der Waals surface area contributed by atoms with Gasteiger partial charge in [0.25, 0.3) is 0 Å². The second-order valence-electron chi connectivity index (χ2n) is 12.3. The molecule has 0 amide bonds. The van der Waals surface area contributed by atoms with Gasteiger partial charge in [-0.1, -0.05) is 68.4 Å². The lowest BCUT2D eigenvalue weighted by molar-refractivity contribution is -0.140. The average Bonchev–Trinajstić information content (AvgIpc) is 2.69. The predicted molar refractivity (Wildman–Crippen MR) is 137 cm³/mol. The lowest BCUT2D eigenvalue weighted by Gasteiger charge is -2.30. The Hall–Kier alpha value is -2.53. The summed E-state index contributed by atoms with van der Waals surface area (Å²) in [7, 11) is 1.36. The quantitative estimate of drug-likeness (QED) is 0.454. The van der Waals surface area contributed by atoms with Crippen LogP contribution in [0.1, 0.15) is 108 Å². The van der Waals surface area contributed by atoms with Gasteiger partial charge in [0.15, 0.2) is 0 Å². The summed E-state index contributed by atoms with van der Waals surface area (Å²) in [6, 6.07) is 7.31. The van der Waals surface area contributed by atoms with Crippen LogP contribution in [0, 0.1) is 0 Å². The van der Waals surface area contributed by atoms with Crippen LogP contribution in [0.3, 0.4) is 0 Å². The molecule has 1 unspecified atom stereocenters. The van der Waals surface area contributed by atoms with Gasteiger partial charge in [-0.2, -0.15) is 0 Å². The molecular weight excluding hydrogens is 428 g/mol. The van der Waals surface area contributed by atoms with Gasteiger partial charge in [-0.25, -0.2) is 0 Å². The van der Waals surface area contributed by atoms with Gasteiger partial charge in [-0.05, 0) is 68.7 Å². The molecule has 2 aromatic carbocycles. The summed E-state index contributed by atoms with van der Waals surface area (Å²) in [5.41, 5.74) is 2.95. The zero-order valence-corrected chi connectivity index (χ0v) is 22.5. The van der Waals surface area contributed by atoms with Gasteiger partial charge >= 0.3 is 5.97 Å². The zero-order valence-electron chi connectivity index (χ0n) is 22.5. The van der Waals surface area contributed by atoms with Gasteiger partial charge < -0.3 is 20.1 Å². The lowest BCUT2D eigenvalue weighted by atomic mass is 9.77. The number of methoxy groups -OCH3 is 1. The molecule has 0 saturated carbocycles. The molecule has 5 heteroatoms. The molecule has 0 aliphatic carbocycles. The number of aromatic hydroxyl groups is 2. The number of carbonyl (C=O) groups is 1. The number of hydrogen-bond acceptors (Lipinski definition) is 5. The third kappa shape index (κ3) is 6.12. The molecule has 0 aromatic heterocycles. The van der Waals surface area contributed by atoms with E-state index in [1.807, 2.05) is 80.5 Å². The first kappa shape index (κ1) is 27.7. The van der Waals surface area contributed by atoms with Crippen LogP contribution in [-0.2, 0) is 32.2 Å². The smallest absolute Gasteiger partial charge is 0.305 e. The highest BCUT2D eigenvalue weighted by atomic mass is 16.5. The van der Waals surface area contributed by atoms with Gasteiger partial charge in [-0.3, -0.25) is 4.79 Å². The van der Waals surface area contributed by atoms with Crippen LogP contribution < -0.4 is 0 Å². The minimum atomic E-state index is -1.11. The fraction of sp³-hybridized carbons (Fsp3) is 0.552. The van der Waals surface area contributed by atoms with Gasteiger partial charge in [0, 0.05) is 12.0 Å². The zero-order chi connectivity index (χ0) is 26.2. The molecule has 0 bridgehead atoms. The van der Waals surface area contributed by atoms with E-state index >= 15 is 0 Å². The maximum Gasteiger partial charge on any atom is 0.305 e. The van der Waals surface area contributed by atoms with Gasteiger partial charge in [0.1, 0.15) is 17.6 Å². The Bertz CT molecular complexity index is 1010. The largest absolute Gasteiger partial charge is 0.507 e. The normalized spacial score (nSPS) is 13.6. The minimum Gasteiger partial charge on any atom is -0.507 e. The van der Waals surface area contributed by atoms with Crippen LogP contribution in [0.4, 0.5) is 0 Å². The number of aliphatic hydroxyl groups excluding tert-OH is 1. The number of phenolic OH excluding ortho intramolecular Hbond substituents is 2. The SMILES string of the molecule is COC(=O)CCc1cc(C(O)c2cc(C(C)(C)C)c(O)c(C(C)(C)C)c2)c(O)c(C(C)(C)C)c1. The van der Waals surface area contributed by atoms with Crippen LogP contribution in [0.15, 0.2) is 24.3 Å². The third-order valence-corrected chi connectivity index (χ3v) is 6.21. The monoisotopic (exact) mass is 470 g/mol. The molecule has 1 atom stereocenters. The fourth-order valence-electron chi connectivity index (χ4n) is 4.13. The highest BCUT2D eigenvalue weighted by molar-refractivity contribution is 5.69. The Labute approximate surface area is 204 Å². The van der Waals surface area contributed by atoms with Crippen molar-refractivity contribution in [3.8, 4) is 11.5 Å². The molecule has 2 aromatic rings. The fourth-order valence-corrected chi connectivity index (χ4v) is 4.13. The molecule has 0 aliphatic heterocycles. The molecule has 0 radical (unpaired) electrons. The number of phenols is 2. The first-order valence-electron chi connectivity index (χ1n) is 11.9. The predicted octanol–water partition coefficient (Wildman–Crippen LogP) is 6.18. The first-order valence-corrected chi connectivity index (χ1v) is 11.9. The van der Waals surface area contributed by atoms with Crippen molar-refractivity contribution in [2.75, 3.05) is 7.11 Å². The second kappa shape index (κ2) is 9.61. The Balaban J connectivity index is 2.75. The van der Waals surface area contributed by atoms with Crippen molar-refractivity contribution >= 4 is 5.97 Å². The van der Waals surface area contributed by atoms with E-state index in [1.54, 1.807) is 6.07 Å². The molecular formula is C29H42O5. The summed E-state index contributed by atoms with van der Waals surface area (Å²) >= 11 is 0. The summed E-state index contributed by atoms with van der Waals surface area (Å²) in [4.78, 5) is 11.7. The highest BCUT2D eigenvalue weighted by Crippen LogP contribution is 2.44. The standard InChI is InChI=1S/C29H42O5/c1-27(2,3)20-14-17(11-12-23(30)34-10)13-19(25(20)32)24(31)18-15-21(28(4,5)6)26(33)22(16-18)29(7,8)9/h13-16,24,31-33H,11-12H2,1-10H3. The molecule has 0 saturated heterocycles. The summed E-state index contributed by atoms with van der Waals surface area (Å²) in [5.74, 6) is -0.0254. The summed E-state index contributed by atoms with van der Waals surface area (Å²) in [6.07, 6.45) is -0.463. The Kier molecular flexibility index (Phi) is 7.83. The summed E-state index contributed by atoms with van der Waals surface area (Å²) in [5, 5.41) is 33.8. The van der Waals surface area contributed by atoms with Crippen molar-refractivity contribution in [2.24, 2.45) is 0 Å². The van der Waals surface area contributed by atoms with Crippen molar-refractivity contribution in [1.82, 2.24) is 0 Å². The number of esters is 1. The van der Waals surface area contributed by atoms with Gasteiger partial charge in [0.05, 0.1) is 7.11 Å². The van der Waals surface area contributed by atoms with Crippen molar-refractivity contribution < 1.29 is 24.9 Å². The molecule has 188 valence electrons. The number of benzene rings is 2. The van der Waals surface area contributed by atoms with E-state index in [9.17, 15) is 20.1 Å². The summed E-state index contributed by atoms with van der Waals surface area (Å²) < 4.78 is 4.78. The molecule has 0 heterocycles.